The maximum Gasteiger partial charge on any atom is 0.308 e. The molecule has 0 aromatic heterocycles. The predicted octanol–water partition coefficient (Wildman–Crippen LogP) is 5.04. The first kappa shape index (κ1) is 19.7. The van der Waals surface area contributed by atoms with Crippen molar-refractivity contribution in [2.45, 2.75) is 58.4 Å². The number of rotatable bonds is 7. The lowest BCUT2D eigenvalue weighted by atomic mass is 10.1. The molecule has 128 valence electrons. The summed E-state index contributed by atoms with van der Waals surface area (Å²) in [6.07, 6.45) is 3.99. The lowest BCUT2D eigenvalue weighted by Crippen LogP contribution is -2.44. The van der Waals surface area contributed by atoms with Gasteiger partial charge in [0.05, 0.1) is 19.1 Å². The summed E-state index contributed by atoms with van der Waals surface area (Å²) in [5.41, 5.74) is 1.10. The molecule has 0 fully saturated rings. The molecule has 0 bridgehead atoms. The molecule has 1 rings (SSSR count). The van der Waals surface area contributed by atoms with Gasteiger partial charge < -0.3 is 9.16 Å². The van der Waals surface area contributed by atoms with Crippen LogP contribution in [0.4, 0.5) is 0 Å². The van der Waals surface area contributed by atoms with Gasteiger partial charge in [0.2, 0.25) is 0 Å². The summed E-state index contributed by atoms with van der Waals surface area (Å²) in [7, 11) is -1.95. The highest BCUT2D eigenvalue weighted by molar-refractivity contribution is 6.74. The number of ether oxygens (including phenoxy) is 1. The van der Waals surface area contributed by atoms with E-state index in [1.165, 1.54) is 0 Å². The Kier molecular flexibility index (Phi) is 7.23. The van der Waals surface area contributed by atoms with Crippen LogP contribution in [-0.4, -0.2) is 27.0 Å². The van der Waals surface area contributed by atoms with Gasteiger partial charge in [-0.2, -0.15) is 0 Å². The van der Waals surface area contributed by atoms with Gasteiger partial charge >= 0.3 is 5.97 Å². The summed E-state index contributed by atoms with van der Waals surface area (Å²) < 4.78 is 11.5. The van der Waals surface area contributed by atoms with Crippen molar-refractivity contribution in [3.63, 3.8) is 0 Å². The van der Waals surface area contributed by atoms with Crippen molar-refractivity contribution in [3.8, 4) is 0 Å². The Balaban J connectivity index is 2.89. The minimum Gasteiger partial charge on any atom is -0.466 e. The Morgan fingerprint density at radius 1 is 1.22 bits per heavy atom. The van der Waals surface area contributed by atoms with Crippen molar-refractivity contribution in [3.05, 3.63) is 42.0 Å². The maximum atomic E-state index is 11.9. The largest absolute Gasteiger partial charge is 0.466 e. The van der Waals surface area contributed by atoms with E-state index < -0.39 is 8.32 Å². The molecule has 0 N–H and O–H groups in total. The lowest BCUT2D eigenvalue weighted by molar-refractivity contribution is -0.144. The van der Waals surface area contributed by atoms with Crippen LogP contribution >= 0.6 is 0 Å². The smallest absolute Gasteiger partial charge is 0.308 e. The molecule has 0 saturated heterocycles. The monoisotopic (exact) mass is 334 g/mol. The fraction of sp³-hybridized carbons (Fsp3) is 0.526. The molecule has 0 spiro atoms. The van der Waals surface area contributed by atoms with E-state index in [1.54, 1.807) is 0 Å². The fourth-order valence-electron chi connectivity index (χ4n) is 1.87. The standard InChI is InChI=1S/C19H30O3Si/c1-7-21-18(20)15-17(22-23(5,6)19(2,3)4)14-13-16-11-9-8-10-12-16/h8-14,17H,7,15H2,1-6H3/b14-13+. The Hall–Kier alpha value is -1.39. The second-order valence-electron chi connectivity index (χ2n) is 7.20. The Labute approximate surface area is 141 Å². The van der Waals surface area contributed by atoms with Crippen LogP contribution in [0.2, 0.25) is 18.1 Å². The van der Waals surface area contributed by atoms with Crippen LogP contribution < -0.4 is 0 Å². The summed E-state index contributed by atoms with van der Waals surface area (Å²) in [6, 6.07) is 10.0. The number of esters is 1. The van der Waals surface area contributed by atoms with Crippen molar-refractivity contribution in [2.24, 2.45) is 0 Å². The Morgan fingerprint density at radius 3 is 2.35 bits per heavy atom. The number of hydrogen-bond acceptors (Lipinski definition) is 3. The molecule has 1 aromatic carbocycles. The van der Waals surface area contributed by atoms with Gasteiger partial charge in [-0.25, -0.2) is 0 Å². The van der Waals surface area contributed by atoms with E-state index in [-0.39, 0.29) is 23.5 Å². The molecule has 1 unspecified atom stereocenters. The van der Waals surface area contributed by atoms with E-state index in [0.717, 1.165) is 5.56 Å². The highest BCUT2D eigenvalue weighted by Gasteiger charge is 2.39. The molecular formula is C19H30O3Si. The molecule has 3 nitrogen and oxygen atoms in total. The van der Waals surface area contributed by atoms with E-state index in [4.69, 9.17) is 9.16 Å². The van der Waals surface area contributed by atoms with Crippen LogP contribution in [0.15, 0.2) is 36.4 Å². The van der Waals surface area contributed by atoms with Gasteiger partial charge in [-0.15, -0.1) is 0 Å². The van der Waals surface area contributed by atoms with Crippen LogP contribution in [0.1, 0.15) is 39.7 Å². The highest BCUT2D eigenvalue weighted by Crippen LogP contribution is 2.37. The third-order valence-electron chi connectivity index (χ3n) is 4.23. The second-order valence-corrected chi connectivity index (χ2v) is 12.0. The molecule has 0 radical (unpaired) electrons. The van der Waals surface area contributed by atoms with E-state index in [0.29, 0.717) is 6.61 Å². The van der Waals surface area contributed by atoms with Gasteiger partial charge in [0.25, 0.3) is 0 Å². The van der Waals surface area contributed by atoms with Gasteiger partial charge in [-0.1, -0.05) is 63.3 Å². The molecule has 1 aromatic rings. The van der Waals surface area contributed by atoms with Gasteiger partial charge in [0.15, 0.2) is 8.32 Å². The van der Waals surface area contributed by atoms with Crippen molar-refractivity contribution in [2.75, 3.05) is 6.61 Å². The average molecular weight is 335 g/mol. The molecule has 0 saturated carbocycles. The summed E-state index contributed by atoms with van der Waals surface area (Å²) >= 11 is 0. The number of carbonyl (C=O) groups excluding carboxylic acids is 1. The molecule has 1 atom stereocenters. The fourth-order valence-corrected chi connectivity index (χ4v) is 3.14. The first-order valence-electron chi connectivity index (χ1n) is 8.22. The molecule has 0 amide bonds. The number of carbonyl (C=O) groups is 1. The average Bonchev–Trinajstić information content (AvgIpc) is 2.44. The minimum absolute atomic E-state index is 0.0977. The van der Waals surface area contributed by atoms with Gasteiger partial charge in [0.1, 0.15) is 0 Å². The third kappa shape index (κ3) is 6.71. The topological polar surface area (TPSA) is 35.5 Å². The molecule has 4 heteroatoms. The number of benzene rings is 1. The van der Waals surface area contributed by atoms with E-state index >= 15 is 0 Å². The van der Waals surface area contributed by atoms with Crippen LogP contribution in [0.3, 0.4) is 0 Å². The van der Waals surface area contributed by atoms with Gasteiger partial charge in [-0.05, 0) is 30.6 Å². The molecule has 0 aliphatic carbocycles. The van der Waals surface area contributed by atoms with Gasteiger partial charge in [-0.3, -0.25) is 4.79 Å². The number of hydrogen-bond donors (Lipinski definition) is 0. The van der Waals surface area contributed by atoms with Crippen molar-refractivity contribution < 1.29 is 14.0 Å². The highest BCUT2D eigenvalue weighted by atomic mass is 28.4. The van der Waals surface area contributed by atoms with Crippen LogP contribution in [0.5, 0.6) is 0 Å². The van der Waals surface area contributed by atoms with E-state index in [1.807, 2.05) is 49.4 Å². The zero-order valence-electron chi connectivity index (χ0n) is 15.3. The van der Waals surface area contributed by atoms with Crippen molar-refractivity contribution in [1.29, 1.82) is 0 Å². The maximum absolute atomic E-state index is 11.9. The molecule has 0 aliphatic rings. The first-order valence-corrected chi connectivity index (χ1v) is 11.1. The molecular weight excluding hydrogens is 304 g/mol. The van der Waals surface area contributed by atoms with Gasteiger partial charge in [0, 0.05) is 0 Å². The molecule has 0 aliphatic heterocycles. The molecule has 23 heavy (non-hydrogen) atoms. The third-order valence-corrected chi connectivity index (χ3v) is 8.73. The summed E-state index contributed by atoms with van der Waals surface area (Å²) in [5, 5.41) is 0.0977. The van der Waals surface area contributed by atoms with Crippen LogP contribution in [-0.2, 0) is 14.0 Å². The van der Waals surface area contributed by atoms with Crippen molar-refractivity contribution in [1.82, 2.24) is 0 Å². The lowest BCUT2D eigenvalue weighted by Gasteiger charge is -2.38. The summed E-state index contributed by atoms with van der Waals surface area (Å²) in [5.74, 6) is -0.214. The van der Waals surface area contributed by atoms with Crippen LogP contribution in [0, 0.1) is 0 Å². The van der Waals surface area contributed by atoms with E-state index in [2.05, 4.69) is 33.9 Å². The Bertz CT molecular complexity index is 515. The first-order chi connectivity index (χ1) is 10.7. The molecule has 0 heterocycles. The van der Waals surface area contributed by atoms with Crippen molar-refractivity contribution >= 4 is 20.4 Å². The zero-order valence-corrected chi connectivity index (χ0v) is 16.3. The normalized spacial score (nSPS) is 14.0. The Morgan fingerprint density at radius 2 is 1.83 bits per heavy atom. The predicted molar refractivity (Wildman–Crippen MR) is 98.8 cm³/mol. The second kappa shape index (κ2) is 8.46. The van der Waals surface area contributed by atoms with Crippen LogP contribution in [0.25, 0.3) is 6.08 Å². The quantitative estimate of drug-likeness (QED) is 0.517. The summed E-state index contributed by atoms with van der Waals surface area (Å²) in [6.45, 7) is 13.2. The zero-order chi connectivity index (χ0) is 17.5. The SMILES string of the molecule is CCOC(=O)CC(/C=C/c1ccccc1)O[Si](C)(C)C(C)(C)C. The minimum atomic E-state index is -1.95. The van der Waals surface area contributed by atoms with E-state index in [9.17, 15) is 4.79 Å². The summed E-state index contributed by atoms with van der Waals surface area (Å²) in [4.78, 5) is 11.9.